The van der Waals surface area contributed by atoms with E-state index in [0.29, 0.717) is 6.54 Å². The zero-order chi connectivity index (χ0) is 14.4. The summed E-state index contributed by atoms with van der Waals surface area (Å²) in [4.78, 5) is 0. The normalized spacial score (nSPS) is 11.2. The monoisotopic (exact) mass is 275 g/mol. The molecule has 0 aliphatic rings. The molecular formula is C16H21NO3. The number of fused-ring (bicyclic) bond motifs is 1. The maximum absolute atomic E-state index is 5.23. The summed E-state index contributed by atoms with van der Waals surface area (Å²) in [6.45, 7) is 1.44. The van der Waals surface area contributed by atoms with E-state index in [1.807, 2.05) is 12.1 Å². The van der Waals surface area contributed by atoms with Gasteiger partial charge in [0.15, 0.2) is 6.29 Å². The van der Waals surface area contributed by atoms with Crippen LogP contribution in [0.2, 0.25) is 0 Å². The Hall–Kier alpha value is -1.62. The highest BCUT2D eigenvalue weighted by Crippen LogP contribution is 2.21. The van der Waals surface area contributed by atoms with Gasteiger partial charge in [-0.2, -0.15) is 0 Å². The molecule has 4 nitrogen and oxygen atoms in total. The van der Waals surface area contributed by atoms with Gasteiger partial charge in [0.05, 0.1) is 7.11 Å². The van der Waals surface area contributed by atoms with Gasteiger partial charge in [0, 0.05) is 27.3 Å². The lowest BCUT2D eigenvalue weighted by molar-refractivity contribution is -0.0989. The Bertz CT molecular complexity index is 552. The lowest BCUT2D eigenvalue weighted by atomic mass is 10.1. The molecule has 0 fully saturated rings. The molecule has 0 unspecified atom stereocenters. The van der Waals surface area contributed by atoms with Gasteiger partial charge in [-0.3, -0.25) is 0 Å². The van der Waals surface area contributed by atoms with Crippen molar-refractivity contribution in [3.05, 3.63) is 42.0 Å². The minimum absolute atomic E-state index is 0.209. The van der Waals surface area contributed by atoms with Gasteiger partial charge in [-0.15, -0.1) is 0 Å². The van der Waals surface area contributed by atoms with E-state index in [-0.39, 0.29) is 6.29 Å². The zero-order valence-corrected chi connectivity index (χ0v) is 12.2. The average molecular weight is 275 g/mol. The molecule has 0 spiro atoms. The fraction of sp³-hybridized carbons (Fsp3) is 0.375. The van der Waals surface area contributed by atoms with Gasteiger partial charge in [0.2, 0.25) is 0 Å². The summed E-state index contributed by atoms with van der Waals surface area (Å²) in [6.07, 6.45) is -0.209. The van der Waals surface area contributed by atoms with Crippen LogP contribution in [0, 0.1) is 0 Å². The van der Waals surface area contributed by atoms with Crippen LogP contribution in [0.5, 0.6) is 5.75 Å². The zero-order valence-electron chi connectivity index (χ0n) is 12.2. The summed E-state index contributed by atoms with van der Waals surface area (Å²) in [6, 6.07) is 12.5. The van der Waals surface area contributed by atoms with E-state index >= 15 is 0 Å². The molecule has 2 aromatic carbocycles. The highest BCUT2D eigenvalue weighted by Gasteiger charge is 2.04. The minimum atomic E-state index is -0.209. The van der Waals surface area contributed by atoms with Crippen LogP contribution in [0.1, 0.15) is 5.56 Å². The molecule has 4 heteroatoms. The number of nitrogens with one attached hydrogen (secondary N) is 1. The maximum Gasteiger partial charge on any atom is 0.169 e. The van der Waals surface area contributed by atoms with E-state index in [9.17, 15) is 0 Å². The van der Waals surface area contributed by atoms with Crippen molar-refractivity contribution in [2.45, 2.75) is 12.8 Å². The molecule has 0 bridgehead atoms. The van der Waals surface area contributed by atoms with E-state index in [4.69, 9.17) is 14.2 Å². The first kappa shape index (κ1) is 14.8. The van der Waals surface area contributed by atoms with Crippen LogP contribution in [-0.4, -0.2) is 34.2 Å². The second-order valence-corrected chi connectivity index (χ2v) is 4.58. The van der Waals surface area contributed by atoms with Crippen molar-refractivity contribution in [2.75, 3.05) is 27.9 Å². The molecule has 0 radical (unpaired) electrons. The third-order valence-electron chi connectivity index (χ3n) is 3.28. The Morgan fingerprint density at radius 2 is 1.65 bits per heavy atom. The summed E-state index contributed by atoms with van der Waals surface area (Å²) in [7, 11) is 4.96. The Morgan fingerprint density at radius 1 is 0.950 bits per heavy atom. The highest BCUT2D eigenvalue weighted by molar-refractivity contribution is 5.84. The van der Waals surface area contributed by atoms with Crippen molar-refractivity contribution in [1.29, 1.82) is 0 Å². The summed E-state index contributed by atoms with van der Waals surface area (Å²) in [5.74, 6) is 0.881. The second-order valence-electron chi connectivity index (χ2n) is 4.58. The van der Waals surface area contributed by atoms with Crippen LogP contribution in [-0.2, 0) is 16.0 Å². The molecule has 0 atom stereocenters. The van der Waals surface area contributed by atoms with Crippen LogP contribution < -0.4 is 10.1 Å². The molecule has 20 heavy (non-hydrogen) atoms. The highest BCUT2D eigenvalue weighted by atomic mass is 16.7. The quantitative estimate of drug-likeness (QED) is 0.788. The summed E-state index contributed by atoms with van der Waals surface area (Å²) >= 11 is 0. The summed E-state index contributed by atoms with van der Waals surface area (Å²) in [5, 5.41) is 5.70. The molecule has 2 rings (SSSR count). The Balaban J connectivity index is 2.01. The molecule has 2 aromatic rings. The van der Waals surface area contributed by atoms with Crippen LogP contribution in [0.4, 0.5) is 0 Å². The average Bonchev–Trinajstić information content (AvgIpc) is 2.51. The number of ether oxygens (including phenoxy) is 3. The molecule has 0 amide bonds. The van der Waals surface area contributed by atoms with Gasteiger partial charge in [-0.1, -0.05) is 18.2 Å². The summed E-state index contributed by atoms with van der Waals surface area (Å²) in [5.41, 5.74) is 1.23. The standard InChI is InChI=1S/C16H21NO3/c1-18-15-7-6-13-8-12(4-5-14(13)9-15)10-17-11-16(19-2)20-3/h4-9,16-17H,10-11H2,1-3H3. The fourth-order valence-electron chi connectivity index (χ4n) is 2.11. The van der Waals surface area contributed by atoms with Crippen LogP contribution >= 0.6 is 0 Å². The molecule has 0 aliphatic carbocycles. The molecule has 0 saturated carbocycles. The molecule has 0 heterocycles. The SMILES string of the molecule is COc1ccc2cc(CNCC(OC)OC)ccc2c1. The Morgan fingerprint density at radius 3 is 2.35 bits per heavy atom. The molecular weight excluding hydrogens is 254 g/mol. The number of rotatable bonds is 7. The predicted molar refractivity (Wildman–Crippen MR) is 80.0 cm³/mol. The van der Waals surface area contributed by atoms with Crippen LogP contribution in [0.15, 0.2) is 36.4 Å². The van der Waals surface area contributed by atoms with E-state index in [1.54, 1.807) is 21.3 Å². The van der Waals surface area contributed by atoms with Crippen LogP contribution in [0.3, 0.4) is 0 Å². The van der Waals surface area contributed by atoms with Gasteiger partial charge in [-0.05, 0) is 34.5 Å². The van der Waals surface area contributed by atoms with Crippen molar-refractivity contribution >= 4 is 10.8 Å². The first-order valence-corrected chi connectivity index (χ1v) is 6.60. The third-order valence-corrected chi connectivity index (χ3v) is 3.28. The van der Waals surface area contributed by atoms with E-state index in [2.05, 4.69) is 29.6 Å². The van der Waals surface area contributed by atoms with Gasteiger partial charge in [-0.25, -0.2) is 0 Å². The predicted octanol–water partition coefficient (Wildman–Crippen LogP) is 2.56. The van der Waals surface area contributed by atoms with E-state index in [0.717, 1.165) is 12.3 Å². The molecule has 0 saturated heterocycles. The van der Waals surface area contributed by atoms with E-state index in [1.165, 1.54) is 16.3 Å². The van der Waals surface area contributed by atoms with Gasteiger partial charge < -0.3 is 19.5 Å². The largest absolute Gasteiger partial charge is 0.497 e. The Labute approximate surface area is 119 Å². The van der Waals surface area contributed by atoms with Crippen molar-refractivity contribution in [1.82, 2.24) is 5.32 Å². The molecule has 0 aromatic heterocycles. The van der Waals surface area contributed by atoms with Crippen LogP contribution in [0.25, 0.3) is 10.8 Å². The Kier molecular flexibility index (Phi) is 5.35. The fourth-order valence-corrected chi connectivity index (χ4v) is 2.11. The van der Waals surface area contributed by atoms with Crippen molar-refractivity contribution < 1.29 is 14.2 Å². The third kappa shape index (κ3) is 3.70. The number of hydrogen-bond donors (Lipinski definition) is 1. The van der Waals surface area contributed by atoms with Gasteiger partial charge >= 0.3 is 0 Å². The van der Waals surface area contributed by atoms with Crippen molar-refractivity contribution in [3.63, 3.8) is 0 Å². The first-order chi connectivity index (χ1) is 9.76. The van der Waals surface area contributed by atoms with E-state index < -0.39 is 0 Å². The van der Waals surface area contributed by atoms with Gasteiger partial charge in [0.1, 0.15) is 5.75 Å². The number of hydrogen-bond acceptors (Lipinski definition) is 4. The molecule has 108 valence electrons. The van der Waals surface area contributed by atoms with Crippen molar-refractivity contribution in [2.24, 2.45) is 0 Å². The maximum atomic E-state index is 5.23. The lowest BCUT2D eigenvalue weighted by Gasteiger charge is -2.14. The topological polar surface area (TPSA) is 39.7 Å². The summed E-state index contributed by atoms with van der Waals surface area (Å²) < 4.78 is 15.5. The first-order valence-electron chi connectivity index (χ1n) is 6.60. The second kappa shape index (κ2) is 7.24. The molecule has 0 aliphatic heterocycles. The lowest BCUT2D eigenvalue weighted by Crippen LogP contribution is -2.29. The smallest absolute Gasteiger partial charge is 0.169 e. The molecule has 1 N–H and O–H groups in total. The van der Waals surface area contributed by atoms with Crippen molar-refractivity contribution in [3.8, 4) is 5.75 Å². The minimum Gasteiger partial charge on any atom is -0.497 e. The number of benzene rings is 2. The number of methoxy groups -OCH3 is 3. The van der Waals surface area contributed by atoms with Gasteiger partial charge in [0.25, 0.3) is 0 Å².